The molecule has 0 aliphatic carbocycles. The zero-order chi connectivity index (χ0) is 18.2. The van der Waals surface area contributed by atoms with Crippen LogP contribution < -0.4 is 10.6 Å². The smallest absolute Gasteiger partial charge is 0.322 e. The Morgan fingerprint density at radius 3 is 2.24 bits per heavy atom. The summed E-state index contributed by atoms with van der Waals surface area (Å²) in [6.45, 7) is -0.544. The van der Waals surface area contributed by atoms with Crippen LogP contribution in [0.3, 0.4) is 0 Å². The lowest BCUT2D eigenvalue weighted by atomic mass is 10.1. The van der Waals surface area contributed by atoms with Crippen molar-refractivity contribution in [1.29, 1.82) is 0 Å². The zero-order valence-corrected chi connectivity index (χ0v) is 14.6. The topological polar surface area (TPSA) is 95.5 Å². The summed E-state index contributed by atoms with van der Waals surface area (Å²) in [7, 11) is 0. The molecule has 25 heavy (non-hydrogen) atoms. The quantitative estimate of drug-likeness (QED) is 0.646. The van der Waals surface area contributed by atoms with Crippen LogP contribution in [0.1, 0.15) is 15.9 Å². The van der Waals surface area contributed by atoms with E-state index >= 15 is 0 Å². The molecule has 0 radical (unpaired) electrons. The molecule has 0 aliphatic rings. The fraction of sp³-hybridized carbons (Fsp3) is 0.0556. The van der Waals surface area contributed by atoms with E-state index in [0.29, 0.717) is 11.1 Å². The van der Waals surface area contributed by atoms with Gasteiger partial charge in [0.05, 0.1) is 0 Å². The van der Waals surface area contributed by atoms with Gasteiger partial charge >= 0.3 is 5.97 Å². The van der Waals surface area contributed by atoms with Crippen LogP contribution in [0.15, 0.2) is 64.8 Å². The highest BCUT2D eigenvalue weighted by Gasteiger charge is 2.15. The first-order chi connectivity index (χ1) is 12.0. The third-order valence-electron chi connectivity index (χ3n) is 3.11. The van der Waals surface area contributed by atoms with Crippen molar-refractivity contribution in [2.45, 2.75) is 0 Å². The molecule has 0 fully saturated rings. The number of nitrogens with one attached hydrogen (secondary N) is 2. The Balaban J connectivity index is 2.24. The molecule has 0 aliphatic heterocycles. The van der Waals surface area contributed by atoms with Gasteiger partial charge in [-0.15, -0.1) is 0 Å². The molecule has 0 saturated carbocycles. The summed E-state index contributed by atoms with van der Waals surface area (Å²) < 4.78 is 0.870. The van der Waals surface area contributed by atoms with Crippen molar-refractivity contribution in [3.05, 3.63) is 75.9 Å². The molecule has 0 unspecified atom stereocenters. The van der Waals surface area contributed by atoms with Crippen LogP contribution in [0.2, 0.25) is 0 Å². The highest BCUT2D eigenvalue weighted by Crippen LogP contribution is 2.13. The summed E-state index contributed by atoms with van der Waals surface area (Å²) in [5, 5.41) is 13.5. The van der Waals surface area contributed by atoms with E-state index in [9.17, 15) is 14.4 Å². The highest BCUT2D eigenvalue weighted by molar-refractivity contribution is 9.10. The third-order valence-corrected chi connectivity index (χ3v) is 3.64. The van der Waals surface area contributed by atoms with Crippen molar-refractivity contribution in [3.63, 3.8) is 0 Å². The number of rotatable bonds is 6. The lowest BCUT2D eigenvalue weighted by molar-refractivity contribution is -0.137. The summed E-state index contributed by atoms with van der Waals surface area (Å²) in [5.41, 5.74) is 1.02. The number of benzene rings is 2. The van der Waals surface area contributed by atoms with Gasteiger partial charge in [0.25, 0.3) is 11.8 Å². The molecule has 2 rings (SSSR count). The van der Waals surface area contributed by atoms with Gasteiger partial charge in [-0.05, 0) is 35.9 Å². The van der Waals surface area contributed by atoms with Gasteiger partial charge in [0.2, 0.25) is 0 Å². The Labute approximate surface area is 152 Å². The maximum absolute atomic E-state index is 12.3. The molecule has 128 valence electrons. The fourth-order valence-corrected chi connectivity index (χ4v) is 2.18. The molecule has 2 amide bonds. The minimum absolute atomic E-state index is 0.0441. The Bertz CT molecular complexity index is 802. The monoisotopic (exact) mass is 402 g/mol. The van der Waals surface area contributed by atoms with Gasteiger partial charge in [0.15, 0.2) is 0 Å². The van der Waals surface area contributed by atoms with Crippen molar-refractivity contribution in [2.75, 3.05) is 6.54 Å². The SMILES string of the molecule is O=C(O)CNC(=O)C(=Cc1ccc(Br)cc1)NC(=O)c1ccccc1. The molecule has 0 bridgehead atoms. The van der Waals surface area contributed by atoms with E-state index in [1.807, 2.05) is 0 Å². The number of amides is 2. The molecule has 2 aromatic rings. The molecule has 0 aromatic heterocycles. The molecule has 2 aromatic carbocycles. The first-order valence-corrected chi connectivity index (χ1v) is 8.08. The van der Waals surface area contributed by atoms with E-state index < -0.39 is 24.3 Å². The first kappa shape index (κ1) is 18.4. The second kappa shape index (κ2) is 8.79. The predicted octanol–water partition coefficient (Wildman–Crippen LogP) is 2.42. The van der Waals surface area contributed by atoms with E-state index in [2.05, 4.69) is 26.6 Å². The average Bonchev–Trinajstić information content (AvgIpc) is 2.61. The second-order valence-corrected chi connectivity index (χ2v) is 5.92. The van der Waals surface area contributed by atoms with E-state index in [4.69, 9.17) is 5.11 Å². The van der Waals surface area contributed by atoms with E-state index in [0.717, 1.165) is 4.47 Å². The summed E-state index contributed by atoms with van der Waals surface area (Å²) >= 11 is 3.32. The number of carbonyl (C=O) groups excluding carboxylic acids is 2. The summed E-state index contributed by atoms with van der Waals surface area (Å²) in [6, 6.07) is 15.5. The van der Waals surface area contributed by atoms with Crippen LogP contribution in [-0.2, 0) is 9.59 Å². The number of carboxylic acids is 1. The van der Waals surface area contributed by atoms with Gasteiger partial charge in [0, 0.05) is 10.0 Å². The van der Waals surface area contributed by atoms with Crippen molar-refractivity contribution in [2.24, 2.45) is 0 Å². The number of hydrogen-bond donors (Lipinski definition) is 3. The van der Waals surface area contributed by atoms with Gasteiger partial charge in [0.1, 0.15) is 12.2 Å². The molecule has 0 heterocycles. The fourth-order valence-electron chi connectivity index (χ4n) is 1.92. The van der Waals surface area contributed by atoms with E-state index in [1.54, 1.807) is 54.6 Å². The first-order valence-electron chi connectivity index (χ1n) is 7.29. The molecule has 0 saturated heterocycles. The lowest BCUT2D eigenvalue weighted by Gasteiger charge is -2.10. The average molecular weight is 403 g/mol. The number of aliphatic carboxylic acids is 1. The van der Waals surface area contributed by atoms with Crippen LogP contribution in [0.25, 0.3) is 6.08 Å². The largest absolute Gasteiger partial charge is 0.480 e. The minimum Gasteiger partial charge on any atom is -0.480 e. The van der Waals surface area contributed by atoms with Gasteiger partial charge < -0.3 is 15.7 Å². The molecule has 7 heteroatoms. The number of carboxylic acid groups (broad SMARTS) is 1. The van der Waals surface area contributed by atoms with Crippen LogP contribution in [0, 0.1) is 0 Å². The number of hydrogen-bond acceptors (Lipinski definition) is 3. The molecule has 0 atom stereocenters. The number of halogens is 1. The Morgan fingerprint density at radius 2 is 1.64 bits per heavy atom. The van der Waals surface area contributed by atoms with Gasteiger partial charge in [-0.1, -0.05) is 46.3 Å². The van der Waals surface area contributed by atoms with Gasteiger partial charge in [-0.2, -0.15) is 0 Å². The van der Waals surface area contributed by atoms with Crippen LogP contribution >= 0.6 is 15.9 Å². The third kappa shape index (κ3) is 5.89. The second-order valence-electron chi connectivity index (χ2n) is 5.01. The Hall–Kier alpha value is -2.93. The van der Waals surface area contributed by atoms with Crippen LogP contribution in [0.4, 0.5) is 0 Å². The molecule has 3 N–H and O–H groups in total. The lowest BCUT2D eigenvalue weighted by Crippen LogP contribution is -2.37. The van der Waals surface area contributed by atoms with Crippen molar-refractivity contribution in [3.8, 4) is 0 Å². The van der Waals surface area contributed by atoms with E-state index in [-0.39, 0.29) is 5.70 Å². The number of carbonyl (C=O) groups is 3. The van der Waals surface area contributed by atoms with Crippen molar-refractivity contribution < 1.29 is 19.5 Å². The molecule has 6 nitrogen and oxygen atoms in total. The Morgan fingerprint density at radius 1 is 1.00 bits per heavy atom. The van der Waals surface area contributed by atoms with E-state index in [1.165, 1.54) is 6.08 Å². The minimum atomic E-state index is -1.18. The predicted molar refractivity (Wildman–Crippen MR) is 96.7 cm³/mol. The van der Waals surface area contributed by atoms with Crippen LogP contribution in [-0.4, -0.2) is 29.4 Å². The van der Waals surface area contributed by atoms with Gasteiger partial charge in [-0.25, -0.2) is 0 Å². The maximum atomic E-state index is 12.3. The standard InChI is InChI=1S/C18H15BrN2O4/c19-14-8-6-12(7-9-14)10-15(18(25)20-11-16(22)23)21-17(24)13-4-2-1-3-5-13/h1-10H,11H2,(H,20,25)(H,21,24)(H,22,23). The van der Waals surface area contributed by atoms with Crippen LogP contribution in [0.5, 0.6) is 0 Å². The summed E-state index contributed by atoms with van der Waals surface area (Å²) in [6.07, 6.45) is 1.48. The maximum Gasteiger partial charge on any atom is 0.322 e. The Kier molecular flexibility index (Phi) is 6.47. The molecular formula is C18H15BrN2O4. The molecule has 0 spiro atoms. The van der Waals surface area contributed by atoms with Crippen molar-refractivity contribution in [1.82, 2.24) is 10.6 Å². The highest BCUT2D eigenvalue weighted by atomic mass is 79.9. The normalized spacial score (nSPS) is 10.8. The summed E-state index contributed by atoms with van der Waals surface area (Å²) in [4.78, 5) is 35.1. The van der Waals surface area contributed by atoms with Crippen molar-refractivity contribution >= 4 is 39.8 Å². The zero-order valence-electron chi connectivity index (χ0n) is 13.0. The summed E-state index contributed by atoms with van der Waals surface area (Å²) in [5.74, 6) is -2.32. The van der Waals surface area contributed by atoms with Gasteiger partial charge in [-0.3, -0.25) is 14.4 Å². The molecular weight excluding hydrogens is 388 g/mol.